The van der Waals surface area contributed by atoms with Gasteiger partial charge in [0.2, 0.25) is 0 Å². The fourth-order valence-electron chi connectivity index (χ4n) is 4.27. The van der Waals surface area contributed by atoms with Crippen molar-refractivity contribution in [3.05, 3.63) is 89.0 Å². The highest BCUT2D eigenvalue weighted by molar-refractivity contribution is 7.90. The maximum absolute atomic E-state index is 14.5. The van der Waals surface area contributed by atoms with E-state index < -0.39 is 46.0 Å². The van der Waals surface area contributed by atoms with E-state index in [4.69, 9.17) is 14.2 Å². The number of ether oxygens (including phenoxy) is 3. The van der Waals surface area contributed by atoms with E-state index in [1.807, 2.05) is 0 Å². The fourth-order valence-corrected chi connectivity index (χ4v) is 5.11. The molecule has 8 nitrogen and oxygen atoms in total. The first-order valence-electron chi connectivity index (χ1n) is 14.6. The second-order valence-electron chi connectivity index (χ2n) is 12.6. The number of carbonyl (C=O) groups excluding carboxylic acids is 2. The minimum Gasteiger partial charge on any atom is -0.598 e. The smallest absolute Gasteiger partial charge is 0.412 e. The van der Waals surface area contributed by atoms with Gasteiger partial charge < -0.3 is 24.1 Å². The first-order valence-corrected chi connectivity index (χ1v) is 15.7. The van der Waals surface area contributed by atoms with E-state index in [2.05, 4.69) is 10.0 Å². The van der Waals surface area contributed by atoms with Gasteiger partial charge in [-0.2, -0.15) is 13.2 Å². The third-order valence-electron chi connectivity index (χ3n) is 6.48. The summed E-state index contributed by atoms with van der Waals surface area (Å²) in [6.45, 7) is 10.0. The summed E-state index contributed by atoms with van der Waals surface area (Å²) in [5, 5.41) is 2.69. The Balaban J connectivity index is 2.02. The molecule has 0 bridgehead atoms. The van der Waals surface area contributed by atoms with Crippen molar-refractivity contribution in [1.29, 1.82) is 0 Å². The van der Waals surface area contributed by atoms with Gasteiger partial charge in [-0.25, -0.2) is 4.79 Å². The lowest BCUT2D eigenvalue weighted by molar-refractivity contribution is -0.153. The maximum Gasteiger partial charge on any atom is 0.412 e. The number of para-hydroxylation sites is 1. The summed E-state index contributed by atoms with van der Waals surface area (Å²) in [6, 6.07) is 16.1. The lowest BCUT2D eigenvalue weighted by Gasteiger charge is -2.29. The Morgan fingerprint density at radius 3 is 2.20 bits per heavy atom. The van der Waals surface area contributed by atoms with Crippen LogP contribution in [-0.4, -0.2) is 40.2 Å². The number of alkyl halides is 3. The van der Waals surface area contributed by atoms with Gasteiger partial charge >= 0.3 is 18.2 Å². The van der Waals surface area contributed by atoms with Crippen molar-refractivity contribution in [2.24, 2.45) is 0 Å². The Hall–Kier alpha value is -3.74. The molecule has 0 fully saturated rings. The van der Waals surface area contributed by atoms with Crippen LogP contribution in [0.3, 0.4) is 0 Å². The zero-order chi connectivity index (χ0) is 34.3. The number of hydrogen-bond donors (Lipinski definition) is 2. The lowest BCUT2D eigenvalue weighted by atomic mass is 9.95. The zero-order valence-electron chi connectivity index (χ0n) is 27.0. The largest absolute Gasteiger partial charge is 0.598 e. The molecule has 0 heterocycles. The Morgan fingerprint density at radius 2 is 1.57 bits per heavy atom. The van der Waals surface area contributed by atoms with Gasteiger partial charge in [0, 0.05) is 23.5 Å². The Bertz CT molecular complexity index is 1500. The standard InChI is InChI=1S/C34H41F3N2O6S/c1-32(2,3)45-31(41)38-20-22-11-10-13-24(15-22)26-16-23(21-44-28-14-9-8-12-25(28)19-29(40)43-7)17-27(18-26)30(34(35,36)37)39-46(42)33(4,5)6/h8-18,30,39H,19-21H2,1-7H3,(H,38,41). The van der Waals surface area contributed by atoms with Gasteiger partial charge in [0.05, 0.1) is 13.5 Å². The minimum atomic E-state index is -4.77. The van der Waals surface area contributed by atoms with Crippen molar-refractivity contribution in [2.45, 2.75) is 83.7 Å². The molecule has 250 valence electrons. The number of benzene rings is 3. The van der Waals surface area contributed by atoms with Gasteiger partial charge in [-0.1, -0.05) is 42.5 Å². The number of amides is 1. The van der Waals surface area contributed by atoms with E-state index in [9.17, 15) is 27.3 Å². The number of esters is 1. The quantitative estimate of drug-likeness (QED) is 0.164. The predicted octanol–water partition coefficient (Wildman–Crippen LogP) is 7.33. The van der Waals surface area contributed by atoms with Gasteiger partial charge in [0.15, 0.2) is 6.04 Å². The Kier molecular flexibility index (Phi) is 12.2. The van der Waals surface area contributed by atoms with E-state index in [1.165, 1.54) is 19.2 Å². The van der Waals surface area contributed by atoms with Gasteiger partial charge in [-0.3, -0.25) is 4.79 Å². The van der Waals surface area contributed by atoms with E-state index >= 15 is 0 Å². The molecule has 0 aliphatic heterocycles. The molecule has 0 radical (unpaired) electrons. The summed E-state index contributed by atoms with van der Waals surface area (Å²) < 4.78 is 73.8. The lowest BCUT2D eigenvalue weighted by Crippen LogP contribution is -2.45. The number of carbonyl (C=O) groups is 2. The van der Waals surface area contributed by atoms with Crippen LogP contribution in [0.25, 0.3) is 11.1 Å². The van der Waals surface area contributed by atoms with Crippen molar-refractivity contribution in [1.82, 2.24) is 10.0 Å². The molecule has 2 N–H and O–H groups in total. The van der Waals surface area contributed by atoms with Crippen molar-refractivity contribution < 1.29 is 41.5 Å². The summed E-state index contributed by atoms with van der Waals surface area (Å²) in [5.41, 5.74) is 1.89. The predicted molar refractivity (Wildman–Crippen MR) is 171 cm³/mol. The Morgan fingerprint density at radius 1 is 0.891 bits per heavy atom. The molecule has 2 atom stereocenters. The molecule has 3 aromatic carbocycles. The normalized spacial score (nSPS) is 13.5. The van der Waals surface area contributed by atoms with Crippen LogP contribution >= 0.6 is 0 Å². The molecule has 0 aliphatic rings. The van der Waals surface area contributed by atoms with Crippen molar-refractivity contribution in [3.8, 4) is 16.9 Å². The van der Waals surface area contributed by atoms with Crippen molar-refractivity contribution >= 4 is 23.4 Å². The molecule has 12 heteroatoms. The SMILES string of the molecule is COC(=O)Cc1ccccc1OCc1cc(-c2cccc(CNC(=O)OC(C)(C)C)c2)cc(C(N[S+]([O-])C(C)(C)C)C(F)(F)F)c1. The third-order valence-corrected chi connectivity index (χ3v) is 8.04. The molecule has 3 aromatic rings. The number of nitrogens with one attached hydrogen (secondary N) is 2. The van der Waals surface area contributed by atoms with Gasteiger partial charge in [-0.15, -0.1) is 4.72 Å². The molecular formula is C34H41F3N2O6S. The number of hydrogen-bond acceptors (Lipinski definition) is 7. The summed E-state index contributed by atoms with van der Waals surface area (Å²) in [5.74, 6) is -0.0817. The van der Waals surface area contributed by atoms with Crippen LogP contribution in [-0.2, 0) is 45.2 Å². The number of methoxy groups -OCH3 is 1. The topological polar surface area (TPSA) is 109 Å². The van der Waals surface area contributed by atoms with Crippen molar-refractivity contribution in [2.75, 3.05) is 7.11 Å². The van der Waals surface area contributed by atoms with Gasteiger partial charge in [0.25, 0.3) is 0 Å². The molecule has 0 aliphatic carbocycles. The van der Waals surface area contributed by atoms with Crippen molar-refractivity contribution in [3.63, 3.8) is 0 Å². The number of alkyl carbamates (subject to hydrolysis) is 1. The summed E-state index contributed by atoms with van der Waals surface area (Å²) >= 11 is -2.03. The van der Waals surface area contributed by atoms with E-state index in [1.54, 1.807) is 96.1 Å². The molecule has 1 amide bonds. The van der Waals surface area contributed by atoms with Crippen LogP contribution in [0.4, 0.5) is 18.0 Å². The minimum absolute atomic E-state index is 0.0409. The average Bonchev–Trinajstić information content (AvgIpc) is 2.96. The van der Waals surface area contributed by atoms with Gasteiger partial charge in [-0.05, 0) is 93.6 Å². The van der Waals surface area contributed by atoms with E-state index in [0.717, 1.165) is 0 Å². The highest BCUT2D eigenvalue weighted by atomic mass is 32.2. The molecule has 46 heavy (non-hydrogen) atoms. The van der Waals surface area contributed by atoms with Crippen LogP contribution in [0.15, 0.2) is 66.7 Å². The average molecular weight is 663 g/mol. The van der Waals surface area contributed by atoms with E-state index in [-0.39, 0.29) is 25.1 Å². The third kappa shape index (κ3) is 11.3. The second kappa shape index (κ2) is 15.2. The molecule has 0 spiro atoms. The van der Waals surface area contributed by atoms with Crippen LogP contribution < -0.4 is 14.8 Å². The molecule has 3 rings (SSSR count). The second-order valence-corrected chi connectivity index (χ2v) is 14.6. The maximum atomic E-state index is 14.5. The summed E-state index contributed by atoms with van der Waals surface area (Å²) in [6.07, 6.45) is -5.41. The highest BCUT2D eigenvalue weighted by Gasteiger charge is 2.46. The molecule has 2 unspecified atom stereocenters. The van der Waals surface area contributed by atoms with Crippen LogP contribution in [0.5, 0.6) is 5.75 Å². The zero-order valence-corrected chi connectivity index (χ0v) is 27.9. The first-order chi connectivity index (χ1) is 21.4. The van der Waals surface area contributed by atoms with Crippen LogP contribution in [0.1, 0.15) is 69.8 Å². The Labute approximate surface area is 271 Å². The number of rotatable bonds is 11. The molecular weight excluding hydrogens is 621 g/mol. The monoisotopic (exact) mass is 662 g/mol. The van der Waals surface area contributed by atoms with Crippen LogP contribution in [0, 0.1) is 0 Å². The fraction of sp³-hybridized carbons (Fsp3) is 0.412. The highest BCUT2D eigenvalue weighted by Crippen LogP contribution is 2.37. The van der Waals surface area contributed by atoms with E-state index in [0.29, 0.717) is 33.6 Å². The van der Waals surface area contributed by atoms with Crippen LogP contribution in [0.2, 0.25) is 0 Å². The summed E-state index contributed by atoms with van der Waals surface area (Å²) in [7, 11) is 1.28. The number of halogens is 3. The van der Waals surface area contributed by atoms with Gasteiger partial charge in [0.1, 0.15) is 22.7 Å². The molecule has 0 saturated heterocycles. The summed E-state index contributed by atoms with van der Waals surface area (Å²) in [4.78, 5) is 24.1. The first kappa shape index (κ1) is 36.7. The molecule has 0 saturated carbocycles. The molecule has 0 aromatic heterocycles.